The first-order valence-corrected chi connectivity index (χ1v) is 7.61. The average Bonchev–Trinajstić information content (AvgIpc) is 2.43. The summed E-state index contributed by atoms with van der Waals surface area (Å²) < 4.78 is 16.5. The smallest absolute Gasteiger partial charge is 0.407 e. The van der Waals surface area contributed by atoms with Crippen LogP contribution < -0.4 is 14.8 Å². The summed E-state index contributed by atoms with van der Waals surface area (Å²) in [4.78, 5) is 11.5. The molecule has 0 atom stereocenters. The number of rotatable bonds is 5. The molecule has 0 fully saturated rings. The molecular formula is C16H22BrNO4. The summed E-state index contributed by atoms with van der Waals surface area (Å²) in [5, 5.41) is 2.66. The van der Waals surface area contributed by atoms with Crippen LogP contribution in [0, 0.1) is 0 Å². The molecule has 0 unspecified atom stereocenters. The number of carbonyl (C=O) groups is 1. The largest absolute Gasteiger partial charge is 0.495 e. The van der Waals surface area contributed by atoms with Crippen molar-refractivity contribution in [3.05, 3.63) is 28.2 Å². The van der Waals surface area contributed by atoms with Crippen molar-refractivity contribution >= 4 is 28.1 Å². The molecule has 0 heterocycles. The van der Waals surface area contributed by atoms with Gasteiger partial charge in [0.05, 0.1) is 14.2 Å². The monoisotopic (exact) mass is 371 g/mol. The summed E-state index contributed by atoms with van der Waals surface area (Å²) in [7, 11) is 3.19. The van der Waals surface area contributed by atoms with Crippen molar-refractivity contribution in [1.82, 2.24) is 5.32 Å². The van der Waals surface area contributed by atoms with Crippen molar-refractivity contribution in [3.63, 3.8) is 0 Å². The minimum Gasteiger partial charge on any atom is -0.495 e. The molecule has 6 heteroatoms. The van der Waals surface area contributed by atoms with E-state index in [0.29, 0.717) is 18.0 Å². The Kier molecular flexibility index (Phi) is 6.74. The molecule has 0 aliphatic rings. The molecule has 0 aliphatic heterocycles. The molecule has 1 aromatic carbocycles. The number of carbonyl (C=O) groups excluding carboxylic acids is 1. The standard InChI is InChI=1S/C16H22BrNO4/c1-16(2,3)22-15(19)18-8-6-7-11-9-12(20-4)14(17)13(10-11)21-5/h6-7,9-10H,8H2,1-5H3,(H,18,19). The van der Waals surface area contributed by atoms with Gasteiger partial charge in [-0.15, -0.1) is 0 Å². The number of nitrogens with one attached hydrogen (secondary N) is 1. The lowest BCUT2D eigenvalue weighted by Crippen LogP contribution is -2.32. The van der Waals surface area contributed by atoms with Gasteiger partial charge in [-0.2, -0.15) is 0 Å². The third kappa shape index (κ3) is 5.97. The van der Waals surface area contributed by atoms with Crippen LogP contribution in [-0.2, 0) is 4.74 Å². The van der Waals surface area contributed by atoms with Crippen LogP contribution in [0.25, 0.3) is 6.08 Å². The normalized spacial score (nSPS) is 11.4. The topological polar surface area (TPSA) is 56.8 Å². The first kappa shape index (κ1) is 18.4. The van der Waals surface area contributed by atoms with E-state index in [2.05, 4.69) is 21.2 Å². The maximum absolute atomic E-state index is 11.5. The lowest BCUT2D eigenvalue weighted by molar-refractivity contribution is 0.0534. The number of halogens is 1. The van der Waals surface area contributed by atoms with Gasteiger partial charge in [0.15, 0.2) is 0 Å². The zero-order valence-corrected chi connectivity index (χ0v) is 15.1. The Morgan fingerprint density at radius 3 is 2.23 bits per heavy atom. The number of amides is 1. The molecule has 0 saturated carbocycles. The fourth-order valence-electron chi connectivity index (χ4n) is 1.64. The van der Waals surface area contributed by atoms with Gasteiger partial charge in [0.2, 0.25) is 0 Å². The maximum atomic E-state index is 11.5. The second kappa shape index (κ2) is 8.08. The third-order valence-corrected chi connectivity index (χ3v) is 3.32. The summed E-state index contributed by atoms with van der Waals surface area (Å²) in [6.45, 7) is 5.84. The quantitative estimate of drug-likeness (QED) is 0.849. The lowest BCUT2D eigenvalue weighted by atomic mass is 10.2. The van der Waals surface area contributed by atoms with E-state index in [0.717, 1.165) is 10.0 Å². The number of benzene rings is 1. The van der Waals surface area contributed by atoms with Gasteiger partial charge in [0.1, 0.15) is 21.6 Å². The van der Waals surface area contributed by atoms with Crippen LogP contribution in [0.1, 0.15) is 26.3 Å². The molecule has 0 aromatic heterocycles. The zero-order chi connectivity index (χ0) is 16.8. The molecule has 1 aromatic rings. The van der Waals surface area contributed by atoms with Crippen LogP contribution in [0.4, 0.5) is 4.79 Å². The number of methoxy groups -OCH3 is 2. The fraction of sp³-hybridized carbons (Fsp3) is 0.438. The summed E-state index contributed by atoms with van der Waals surface area (Å²) in [5.41, 5.74) is 0.406. The Morgan fingerprint density at radius 2 is 1.77 bits per heavy atom. The first-order chi connectivity index (χ1) is 10.3. The molecular weight excluding hydrogens is 350 g/mol. The van der Waals surface area contributed by atoms with Crippen molar-refractivity contribution in [2.24, 2.45) is 0 Å². The van der Waals surface area contributed by atoms with Gasteiger partial charge in [0.25, 0.3) is 0 Å². The summed E-state index contributed by atoms with van der Waals surface area (Å²) in [5.74, 6) is 1.36. The molecule has 0 aliphatic carbocycles. The molecule has 0 saturated heterocycles. The molecule has 0 bridgehead atoms. The molecule has 0 spiro atoms. The second-order valence-electron chi connectivity index (χ2n) is 5.52. The molecule has 0 radical (unpaired) electrons. The van der Waals surface area contributed by atoms with Crippen LogP contribution in [0.3, 0.4) is 0 Å². The van der Waals surface area contributed by atoms with Crippen LogP contribution in [0.15, 0.2) is 22.7 Å². The molecule has 1 rings (SSSR count). The van der Waals surface area contributed by atoms with Crippen molar-refractivity contribution < 1.29 is 19.0 Å². The maximum Gasteiger partial charge on any atom is 0.407 e. The highest BCUT2D eigenvalue weighted by Crippen LogP contribution is 2.35. The minimum atomic E-state index is -0.500. The van der Waals surface area contributed by atoms with Gasteiger partial charge in [0, 0.05) is 6.54 Å². The van der Waals surface area contributed by atoms with E-state index in [1.165, 1.54) is 0 Å². The highest BCUT2D eigenvalue weighted by atomic mass is 79.9. The Bertz CT molecular complexity index is 525. The van der Waals surface area contributed by atoms with E-state index in [9.17, 15) is 4.79 Å². The number of alkyl carbamates (subject to hydrolysis) is 1. The third-order valence-electron chi connectivity index (χ3n) is 2.54. The molecule has 122 valence electrons. The van der Waals surface area contributed by atoms with Crippen molar-refractivity contribution in [3.8, 4) is 11.5 Å². The predicted octanol–water partition coefficient (Wildman–Crippen LogP) is 4.00. The van der Waals surface area contributed by atoms with E-state index >= 15 is 0 Å². The summed E-state index contributed by atoms with van der Waals surface area (Å²) >= 11 is 3.42. The molecule has 22 heavy (non-hydrogen) atoms. The molecule has 5 nitrogen and oxygen atoms in total. The average molecular weight is 372 g/mol. The number of hydrogen-bond donors (Lipinski definition) is 1. The highest BCUT2D eigenvalue weighted by molar-refractivity contribution is 9.10. The Labute approximate surface area is 139 Å². The molecule has 1 amide bonds. The van der Waals surface area contributed by atoms with Gasteiger partial charge < -0.3 is 19.5 Å². The Morgan fingerprint density at radius 1 is 1.23 bits per heavy atom. The van der Waals surface area contributed by atoms with Crippen molar-refractivity contribution in [2.45, 2.75) is 26.4 Å². The van der Waals surface area contributed by atoms with Crippen LogP contribution in [0.5, 0.6) is 11.5 Å². The second-order valence-corrected chi connectivity index (χ2v) is 6.32. The van der Waals surface area contributed by atoms with Gasteiger partial charge >= 0.3 is 6.09 Å². The summed E-state index contributed by atoms with van der Waals surface area (Å²) in [6.07, 6.45) is 3.25. The fourth-order valence-corrected chi connectivity index (χ4v) is 2.19. The number of hydrogen-bond acceptors (Lipinski definition) is 4. The number of ether oxygens (including phenoxy) is 3. The zero-order valence-electron chi connectivity index (χ0n) is 13.5. The van der Waals surface area contributed by atoms with E-state index in [-0.39, 0.29) is 0 Å². The molecule has 1 N–H and O–H groups in total. The van der Waals surface area contributed by atoms with Gasteiger partial charge in [-0.1, -0.05) is 12.2 Å². The first-order valence-electron chi connectivity index (χ1n) is 6.81. The highest BCUT2D eigenvalue weighted by Gasteiger charge is 2.15. The van der Waals surface area contributed by atoms with Crippen LogP contribution in [-0.4, -0.2) is 32.5 Å². The van der Waals surface area contributed by atoms with Crippen molar-refractivity contribution in [2.75, 3.05) is 20.8 Å². The van der Waals surface area contributed by atoms with Crippen LogP contribution >= 0.6 is 15.9 Å². The van der Waals surface area contributed by atoms with E-state index < -0.39 is 11.7 Å². The summed E-state index contributed by atoms with van der Waals surface area (Å²) in [6, 6.07) is 3.74. The van der Waals surface area contributed by atoms with Crippen molar-refractivity contribution in [1.29, 1.82) is 0 Å². The van der Waals surface area contributed by atoms with Gasteiger partial charge in [-0.25, -0.2) is 4.79 Å². The minimum absolute atomic E-state index is 0.371. The van der Waals surface area contributed by atoms with Crippen LogP contribution in [0.2, 0.25) is 0 Å². The Balaban J connectivity index is 2.65. The Hall–Kier alpha value is -1.69. The van der Waals surface area contributed by atoms with Gasteiger partial charge in [-0.3, -0.25) is 0 Å². The predicted molar refractivity (Wildman–Crippen MR) is 90.5 cm³/mol. The lowest BCUT2D eigenvalue weighted by Gasteiger charge is -2.19. The van der Waals surface area contributed by atoms with E-state index in [1.807, 2.05) is 45.1 Å². The van der Waals surface area contributed by atoms with Gasteiger partial charge in [-0.05, 0) is 54.4 Å². The van der Waals surface area contributed by atoms with E-state index in [4.69, 9.17) is 14.2 Å². The SMILES string of the molecule is COc1cc(C=CCNC(=O)OC(C)(C)C)cc(OC)c1Br. The van der Waals surface area contributed by atoms with E-state index in [1.54, 1.807) is 14.2 Å².